The van der Waals surface area contributed by atoms with Crippen molar-refractivity contribution in [2.45, 2.75) is 32.0 Å². The Morgan fingerprint density at radius 2 is 1.86 bits per heavy atom. The molecule has 0 unspecified atom stereocenters. The van der Waals surface area contributed by atoms with Crippen molar-refractivity contribution in [2.75, 3.05) is 11.4 Å². The average molecular weight is 502 g/mol. The Kier molecular flexibility index (Phi) is 5.81. The second-order valence-corrected chi connectivity index (χ2v) is 8.50. The molecule has 0 saturated heterocycles. The van der Waals surface area contributed by atoms with Crippen LogP contribution in [0.3, 0.4) is 0 Å². The minimum absolute atomic E-state index is 0.0111. The van der Waals surface area contributed by atoms with Gasteiger partial charge in [-0.2, -0.15) is 13.2 Å². The van der Waals surface area contributed by atoms with Gasteiger partial charge in [0.05, 0.1) is 29.6 Å². The lowest BCUT2D eigenvalue weighted by Crippen LogP contribution is -2.42. The fourth-order valence-electron chi connectivity index (χ4n) is 4.33. The third kappa shape index (κ3) is 4.45. The van der Waals surface area contributed by atoms with Crippen molar-refractivity contribution < 1.29 is 26.7 Å². The van der Waals surface area contributed by atoms with E-state index < -0.39 is 36.3 Å². The first kappa shape index (κ1) is 23.6. The number of benzene rings is 2. The molecule has 2 aromatic carbocycles. The first-order valence-corrected chi connectivity index (χ1v) is 11.0. The van der Waals surface area contributed by atoms with Gasteiger partial charge >= 0.3 is 6.18 Å². The smallest absolute Gasteiger partial charge is 0.303 e. The number of halogens is 5. The molecular weight excluding hydrogens is 483 g/mol. The second-order valence-electron chi connectivity index (χ2n) is 8.50. The van der Waals surface area contributed by atoms with E-state index in [-0.39, 0.29) is 35.5 Å². The molecule has 36 heavy (non-hydrogen) atoms. The Hall–Kier alpha value is -4.09. The summed E-state index contributed by atoms with van der Waals surface area (Å²) >= 11 is 0. The largest absolute Gasteiger partial charge is 0.406 e. The van der Waals surface area contributed by atoms with Crippen LogP contribution < -0.4 is 4.90 Å². The van der Waals surface area contributed by atoms with Crippen LogP contribution >= 0.6 is 0 Å². The maximum Gasteiger partial charge on any atom is 0.406 e. The molecule has 0 bridgehead atoms. The highest BCUT2D eigenvalue weighted by molar-refractivity contribution is 5.97. The summed E-state index contributed by atoms with van der Waals surface area (Å²) in [5.41, 5.74) is 1.49. The summed E-state index contributed by atoms with van der Waals surface area (Å²) in [6.45, 7) is 0.208. The van der Waals surface area contributed by atoms with Crippen LogP contribution in [0.15, 0.2) is 55.1 Å². The Morgan fingerprint density at radius 1 is 1.06 bits per heavy atom. The van der Waals surface area contributed by atoms with E-state index in [4.69, 9.17) is 0 Å². The molecule has 1 aliphatic rings. The Labute approximate surface area is 201 Å². The fraction of sp³-hybridized carbons (Fsp3) is 0.250. The zero-order valence-corrected chi connectivity index (χ0v) is 18.9. The summed E-state index contributed by atoms with van der Waals surface area (Å²) in [6.07, 6.45) is -0.146. The summed E-state index contributed by atoms with van der Waals surface area (Å²) in [4.78, 5) is 17.9. The third-order valence-corrected chi connectivity index (χ3v) is 6.00. The highest BCUT2D eigenvalue weighted by Gasteiger charge is 2.40. The van der Waals surface area contributed by atoms with Gasteiger partial charge in [0, 0.05) is 17.3 Å². The molecule has 5 rings (SSSR count). The molecule has 0 saturated carbocycles. The summed E-state index contributed by atoms with van der Waals surface area (Å²) in [7, 11) is 0. The molecule has 1 amide bonds. The number of amides is 1. The number of nitrogens with zero attached hydrogens (tertiary/aromatic N) is 6. The van der Waals surface area contributed by atoms with Crippen molar-refractivity contribution in [3.63, 3.8) is 0 Å². The van der Waals surface area contributed by atoms with Crippen molar-refractivity contribution in [3.05, 3.63) is 78.0 Å². The van der Waals surface area contributed by atoms with Gasteiger partial charge in [0.1, 0.15) is 29.9 Å². The normalized spacial score (nSPS) is 16.2. The van der Waals surface area contributed by atoms with E-state index >= 15 is 0 Å². The lowest BCUT2D eigenvalue weighted by atomic mass is 10.1. The maximum atomic E-state index is 14.8. The van der Waals surface area contributed by atoms with Gasteiger partial charge in [-0.3, -0.25) is 4.79 Å². The van der Waals surface area contributed by atoms with Crippen LogP contribution in [0.1, 0.15) is 23.7 Å². The van der Waals surface area contributed by atoms with Gasteiger partial charge in [-0.15, -0.1) is 5.10 Å². The SMILES string of the molecule is Cc1cn(-c2ccc(-c3cn([C@H]4CCc5c(F)cccc5N(CC(F)(F)F)C4=O)nn3)cc2F)cn1. The van der Waals surface area contributed by atoms with Gasteiger partial charge in [0.25, 0.3) is 5.91 Å². The number of carbonyl (C=O) groups excluding carboxylic acids is 1. The molecule has 0 spiro atoms. The standard InChI is InChI=1S/C24H19F5N6O/c1-14-10-33(13-30-14)21-7-5-15(9-18(21)26)19-11-35(32-31-19)22-8-6-16-17(25)3-2-4-20(16)34(23(22)36)12-24(27,28)29/h2-5,7,9-11,13,22H,6,8,12H2,1H3/t22-/m0/s1. The number of rotatable bonds is 4. The summed E-state index contributed by atoms with van der Waals surface area (Å²) < 4.78 is 71.9. The van der Waals surface area contributed by atoms with Crippen LogP contribution in [0.5, 0.6) is 0 Å². The minimum Gasteiger partial charge on any atom is -0.303 e. The number of hydrogen-bond donors (Lipinski definition) is 0. The number of carbonyl (C=O) groups is 1. The molecule has 7 nitrogen and oxygen atoms in total. The topological polar surface area (TPSA) is 68.8 Å². The van der Waals surface area contributed by atoms with Gasteiger partial charge in [-0.25, -0.2) is 18.4 Å². The minimum atomic E-state index is -4.70. The third-order valence-electron chi connectivity index (χ3n) is 6.00. The summed E-state index contributed by atoms with van der Waals surface area (Å²) in [6, 6.07) is 6.94. The Bertz CT molecular complexity index is 1440. The van der Waals surface area contributed by atoms with Gasteiger partial charge < -0.3 is 9.47 Å². The van der Waals surface area contributed by atoms with Crippen molar-refractivity contribution >= 4 is 11.6 Å². The van der Waals surface area contributed by atoms with Crippen LogP contribution in [-0.2, 0) is 11.2 Å². The first-order chi connectivity index (χ1) is 17.1. The van der Waals surface area contributed by atoms with Crippen molar-refractivity contribution in [1.82, 2.24) is 24.5 Å². The molecule has 1 atom stereocenters. The van der Waals surface area contributed by atoms with Crippen molar-refractivity contribution in [2.24, 2.45) is 0 Å². The molecule has 0 fully saturated rings. The molecule has 2 aromatic heterocycles. The number of alkyl halides is 3. The molecule has 1 aliphatic heterocycles. The number of aromatic nitrogens is 5. The van der Waals surface area contributed by atoms with Gasteiger partial charge in [0.2, 0.25) is 0 Å². The molecule has 0 aliphatic carbocycles. The van der Waals surface area contributed by atoms with E-state index in [1.807, 2.05) is 0 Å². The van der Waals surface area contributed by atoms with E-state index in [1.165, 1.54) is 41.4 Å². The average Bonchev–Trinajstić information content (AvgIpc) is 3.44. The number of imidazole rings is 1. The number of anilines is 1. The predicted molar refractivity (Wildman–Crippen MR) is 119 cm³/mol. The molecule has 0 N–H and O–H groups in total. The molecule has 4 aromatic rings. The van der Waals surface area contributed by atoms with Crippen LogP contribution in [0.4, 0.5) is 27.6 Å². The number of hydrogen-bond acceptors (Lipinski definition) is 4. The quantitative estimate of drug-likeness (QED) is 0.376. The first-order valence-electron chi connectivity index (χ1n) is 11.0. The van der Waals surface area contributed by atoms with Crippen LogP contribution in [-0.4, -0.2) is 43.2 Å². The van der Waals surface area contributed by atoms with Crippen LogP contribution in [0.2, 0.25) is 0 Å². The molecule has 12 heteroatoms. The van der Waals surface area contributed by atoms with Gasteiger partial charge in [-0.05, 0) is 44.0 Å². The molecule has 186 valence electrons. The lowest BCUT2D eigenvalue weighted by molar-refractivity contribution is -0.134. The number of aryl methyl sites for hydroxylation is 1. The molecule has 3 heterocycles. The summed E-state index contributed by atoms with van der Waals surface area (Å²) in [5.74, 6) is -2.12. The highest BCUT2D eigenvalue weighted by Crippen LogP contribution is 2.35. The molecular formula is C24H19F5N6O. The lowest BCUT2D eigenvalue weighted by Gasteiger charge is -2.26. The fourth-order valence-corrected chi connectivity index (χ4v) is 4.33. The Morgan fingerprint density at radius 3 is 2.56 bits per heavy atom. The van der Waals surface area contributed by atoms with Gasteiger partial charge in [0.15, 0.2) is 0 Å². The molecule has 0 radical (unpaired) electrons. The van der Waals surface area contributed by atoms with Gasteiger partial charge in [-0.1, -0.05) is 17.3 Å². The van der Waals surface area contributed by atoms with Crippen LogP contribution in [0.25, 0.3) is 16.9 Å². The van der Waals surface area contributed by atoms with E-state index in [2.05, 4.69) is 15.3 Å². The zero-order chi connectivity index (χ0) is 25.6. The second kappa shape index (κ2) is 8.85. The number of fused-ring (bicyclic) bond motifs is 1. The zero-order valence-electron chi connectivity index (χ0n) is 18.9. The van der Waals surface area contributed by atoms with E-state index in [9.17, 15) is 26.7 Å². The highest BCUT2D eigenvalue weighted by atomic mass is 19.4. The van der Waals surface area contributed by atoms with E-state index in [0.29, 0.717) is 10.5 Å². The van der Waals surface area contributed by atoms with E-state index in [0.717, 1.165) is 16.4 Å². The summed E-state index contributed by atoms with van der Waals surface area (Å²) in [5, 5.41) is 7.95. The maximum absolute atomic E-state index is 14.8. The monoisotopic (exact) mass is 502 g/mol. The van der Waals surface area contributed by atoms with Crippen LogP contribution in [0, 0.1) is 18.6 Å². The van der Waals surface area contributed by atoms with Crippen molar-refractivity contribution in [3.8, 4) is 16.9 Å². The van der Waals surface area contributed by atoms with Crippen molar-refractivity contribution in [1.29, 1.82) is 0 Å². The predicted octanol–water partition coefficient (Wildman–Crippen LogP) is 4.80. The Balaban J connectivity index is 1.46. The van der Waals surface area contributed by atoms with E-state index in [1.54, 1.807) is 19.2 Å².